The number of hydrogen-bond acceptors (Lipinski definition) is 3. The van der Waals surface area contributed by atoms with Gasteiger partial charge in [0.2, 0.25) is 0 Å². The number of nitrogens with zero attached hydrogens (tertiary/aromatic N) is 1. The predicted molar refractivity (Wildman–Crippen MR) is 65.9 cm³/mol. The van der Waals surface area contributed by atoms with Crippen molar-refractivity contribution in [2.45, 2.75) is 38.3 Å². The molecular weight excluding hydrogens is 198 g/mol. The van der Waals surface area contributed by atoms with Crippen LogP contribution in [0.1, 0.15) is 31.4 Å². The van der Waals surface area contributed by atoms with E-state index >= 15 is 0 Å². The molecule has 16 heavy (non-hydrogen) atoms. The van der Waals surface area contributed by atoms with E-state index < -0.39 is 0 Å². The van der Waals surface area contributed by atoms with Crippen LogP contribution in [-0.2, 0) is 6.54 Å². The van der Waals surface area contributed by atoms with Gasteiger partial charge in [-0.1, -0.05) is 18.9 Å². The van der Waals surface area contributed by atoms with Crippen LogP contribution in [-0.4, -0.2) is 17.6 Å². The van der Waals surface area contributed by atoms with E-state index in [1.54, 1.807) is 0 Å². The van der Waals surface area contributed by atoms with Crippen LogP contribution in [0.5, 0.6) is 0 Å². The maximum absolute atomic E-state index is 5.81. The van der Waals surface area contributed by atoms with Crippen molar-refractivity contribution in [3.05, 3.63) is 30.1 Å². The van der Waals surface area contributed by atoms with Gasteiger partial charge in [-0.2, -0.15) is 0 Å². The summed E-state index contributed by atoms with van der Waals surface area (Å²) in [6.07, 6.45) is 7.05. The largest absolute Gasteiger partial charge is 0.330 e. The average Bonchev–Trinajstić information content (AvgIpc) is 2.38. The number of nitrogens with one attached hydrogen (secondary N) is 1. The highest BCUT2D eigenvalue weighted by Gasteiger charge is 2.23. The summed E-state index contributed by atoms with van der Waals surface area (Å²) in [7, 11) is 0. The summed E-state index contributed by atoms with van der Waals surface area (Å²) in [6.45, 7) is 1.67. The second kappa shape index (κ2) is 5.97. The monoisotopic (exact) mass is 219 g/mol. The Kier molecular flexibility index (Phi) is 4.31. The molecular formula is C13H21N3. The summed E-state index contributed by atoms with van der Waals surface area (Å²) in [5.74, 6) is 0.650. The lowest BCUT2D eigenvalue weighted by atomic mass is 9.84. The van der Waals surface area contributed by atoms with Crippen molar-refractivity contribution in [1.29, 1.82) is 0 Å². The molecule has 0 aliphatic heterocycles. The minimum Gasteiger partial charge on any atom is -0.330 e. The van der Waals surface area contributed by atoms with E-state index in [1.165, 1.54) is 25.7 Å². The number of pyridine rings is 1. The van der Waals surface area contributed by atoms with E-state index in [0.717, 1.165) is 18.8 Å². The van der Waals surface area contributed by atoms with E-state index in [-0.39, 0.29) is 0 Å². The fourth-order valence-electron chi connectivity index (χ4n) is 2.50. The lowest BCUT2D eigenvalue weighted by Crippen LogP contribution is -2.41. The van der Waals surface area contributed by atoms with Crippen molar-refractivity contribution in [3.63, 3.8) is 0 Å². The minimum atomic E-state index is 0.584. The Morgan fingerprint density at radius 1 is 1.31 bits per heavy atom. The van der Waals surface area contributed by atoms with Gasteiger partial charge in [-0.05, 0) is 37.4 Å². The van der Waals surface area contributed by atoms with Gasteiger partial charge in [0.15, 0.2) is 0 Å². The van der Waals surface area contributed by atoms with Crippen molar-refractivity contribution in [1.82, 2.24) is 10.3 Å². The Balaban J connectivity index is 1.84. The third kappa shape index (κ3) is 3.03. The van der Waals surface area contributed by atoms with Crippen LogP contribution in [0.3, 0.4) is 0 Å². The molecule has 3 heteroatoms. The summed E-state index contributed by atoms with van der Waals surface area (Å²) in [5.41, 5.74) is 6.92. The van der Waals surface area contributed by atoms with Gasteiger partial charge in [0.05, 0.1) is 5.69 Å². The standard InChI is InChI=1S/C13H21N3/c14-9-11-5-1-2-7-13(11)16-10-12-6-3-4-8-15-12/h3-4,6,8,11,13,16H,1-2,5,7,9-10,14H2. The highest BCUT2D eigenvalue weighted by Crippen LogP contribution is 2.23. The fourth-order valence-corrected chi connectivity index (χ4v) is 2.50. The molecule has 1 heterocycles. The van der Waals surface area contributed by atoms with Crippen LogP contribution in [0.15, 0.2) is 24.4 Å². The smallest absolute Gasteiger partial charge is 0.0541 e. The summed E-state index contributed by atoms with van der Waals surface area (Å²) < 4.78 is 0. The van der Waals surface area contributed by atoms with E-state index in [1.807, 2.05) is 18.3 Å². The first-order valence-corrected chi connectivity index (χ1v) is 6.23. The second-order valence-corrected chi connectivity index (χ2v) is 4.59. The molecule has 1 aromatic heterocycles. The van der Waals surface area contributed by atoms with E-state index in [4.69, 9.17) is 5.73 Å². The Morgan fingerprint density at radius 2 is 2.19 bits per heavy atom. The van der Waals surface area contributed by atoms with E-state index in [9.17, 15) is 0 Å². The molecule has 1 fully saturated rings. The molecule has 3 N–H and O–H groups in total. The minimum absolute atomic E-state index is 0.584. The van der Waals surface area contributed by atoms with Crippen molar-refractivity contribution in [2.24, 2.45) is 11.7 Å². The Bertz CT molecular complexity index is 299. The molecule has 0 bridgehead atoms. The quantitative estimate of drug-likeness (QED) is 0.810. The van der Waals surface area contributed by atoms with Gasteiger partial charge in [-0.3, -0.25) is 4.98 Å². The summed E-state index contributed by atoms with van der Waals surface area (Å²) in [6, 6.07) is 6.63. The molecule has 1 aliphatic rings. The zero-order chi connectivity index (χ0) is 11.2. The van der Waals surface area contributed by atoms with Gasteiger partial charge >= 0.3 is 0 Å². The molecule has 0 saturated heterocycles. The number of nitrogens with two attached hydrogens (primary N) is 1. The summed E-state index contributed by atoms with van der Waals surface area (Å²) >= 11 is 0. The molecule has 0 spiro atoms. The van der Waals surface area contributed by atoms with Gasteiger partial charge in [-0.15, -0.1) is 0 Å². The molecule has 0 radical (unpaired) electrons. The summed E-state index contributed by atoms with van der Waals surface area (Å²) in [5, 5.41) is 3.60. The van der Waals surface area contributed by atoms with Crippen molar-refractivity contribution in [3.8, 4) is 0 Å². The number of rotatable bonds is 4. The third-order valence-electron chi connectivity index (χ3n) is 3.48. The lowest BCUT2D eigenvalue weighted by molar-refractivity contribution is 0.266. The Labute approximate surface area is 97.5 Å². The van der Waals surface area contributed by atoms with Crippen molar-refractivity contribution >= 4 is 0 Å². The van der Waals surface area contributed by atoms with Crippen molar-refractivity contribution < 1.29 is 0 Å². The highest BCUT2D eigenvalue weighted by atomic mass is 14.9. The van der Waals surface area contributed by atoms with Crippen LogP contribution in [0.2, 0.25) is 0 Å². The summed E-state index contributed by atoms with van der Waals surface area (Å²) in [4.78, 5) is 4.32. The Morgan fingerprint density at radius 3 is 2.94 bits per heavy atom. The van der Waals surface area contributed by atoms with Gasteiger partial charge in [0.25, 0.3) is 0 Å². The van der Waals surface area contributed by atoms with Crippen LogP contribution < -0.4 is 11.1 Å². The molecule has 1 aliphatic carbocycles. The van der Waals surface area contributed by atoms with Crippen LogP contribution in [0.25, 0.3) is 0 Å². The first-order chi connectivity index (χ1) is 7.90. The molecule has 3 nitrogen and oxygen atoms in total. The van der Waals surface area contributed by atoms with E-state index in [2.05, 4.69) is 16.4 Å². The topological polar surface area (TPSA) is 50.9 Å². The molecule has 88 valence electrons. The fraction of sp³-hybridized carbons (Fsp3) is 0.615. The van der Waals surface area contributed by atoms with Gasteiger partial charge in [0.1, 0.15) is 0 Å². The number of aromatic nitrogens is 1. The third-order valence-corrected chi connectivity index (χ3v) is 3.48. The first-order valence-electron chi connectivity index (χ1n) is 6.23. The van der Waals surface area contributed by atoms with E-state index in [0.29, 0.717) is 12.0 Å². The zero-order valence-corrected chi connectivity index (χ0v) is 9.73. The Hall–Kier alpha value is -0.930. The first kappa shape index (κ1) is 11.6. The number of hydrogen-bond donors (Lipinski definition) is 2. The van der Waals surface area contributed by atoms with Crippen molar-refractivity contribution in [2.75, 3.05) is 6.54 Å². The molecule has 2 rings (SSSR count). The maximum atomic E-state index is 5.81. The van der Waals surface area contributed by atoms with Crippen LogP contribution in [0.4, 0.5) is 0 Å². The molecule has 2 atom stereocenters. The normalized spacial score (nSPS) is 25.6. The second-order valence-electron chi connectivity index (χ2n) is 4.59. The molecule has 1 saturated carbocycles. The highest BCUT2D eigenvalue weighted by molar-refractivity contribution is 5.03. The average molecular weight is 219 g/mol. The SMILES string of the molecule is NCC1CCCCC1NCc1ccccn1. The van der Waals surface area contributed by atoms with Gasteiger partial charge in [0, 0.05) is 18.8 Å². The van der Waals surface area contributed by atoms with Gasteiger partial charge < -0.3 is 11.1 Å². The molecule has 1 aromatic rings. The van der Waals surface area contributed by atoms with Gasteiger partial charge in [-0.25, -0.2) is 0 Å². The molecule has 0 aromatic carbocycles. The zero-order valence-electron chi connectivity index (χ0n) is 9.73. The molecule has 0 amide bonds. The lowest BCUT2D eigenvalue weighted by Gasteiger charge is -2.31. The molecule has 2 unspecified atom stereocenters. The predicted octanol–water partition coefficient (Wildman–Crippen LogP) is 1.69. The van der Waals surface area contributed by atoms with Crippen LogP contribution in [0, 0.1) is 5.92 Å². The maximum Gasteiger partial charge on any atom is 0.0541 e. The van der Waals surface area contributed by atoms with Crippen LogP contribution >= 0.6 is 0 Å².